The van der Waals surface area contributed by atoms with Crippen molar-refractivity contribution in [1.82, 2.24) is 20.1 Å². The SMILES string of the molecule is CC(=O)NCCc1nnc(SCC(=O)c2ccc(F)cc2)n1-c1cccc2ccccc12. The van der Waals surface area contributed by atoms with E-state index in [0.29, 0.717) is 29.5 Å². The summed E-state index contributed by atoms with van der Waals surface area (Å²) in [5.41, 5.74) is 1.35. The molecule has 0 radical (unpaired) electrons. The minimum Gasteiger partial charge on any atom is -0.356 e. The zero-order chi connectivity index (χ0) is 22.5. The molecule has 8 heteroatoms. The number of rotatable bonds is 8. The molecule has 4 rings (SSSR count). The van der Waals surface area contributed by atoms with Crippen LogP contribution in [0.3, 0.4) is 0 Å². The van der Waals surface area contributed by atoms with Gasteiger partial charge >= 0.3 is 0 Å². The van der Waals surface area contributed by atoms with Crippen molar-refractivity contribution < 1.29 is 14.0 Å². The zero-order valence-corrected chi connectivity index (χ0v) is 18.2. The Bertz CT molecular complexity index is 1270. The Balaban J connectivity index is 1.66. The summed E-state index contributed by atoms with van der Waals surface area (Å²) in [7, 11) is 0. The summed E-state index contributed by atoms with van der Waals surface area (Å²) in [6, 6.07) is 19.5. The van der Waals surface area contributed by atoms with E-state index in [9.17, 15) is 14.0 Å². The molecule has 0 saturated heterocycles. The number of nitrogens with one attached hydrogen (secondary N) is 1. The van der Waals surface area contributed by atoms with Crippen LogP contribution >= 0.6 is 11.8 Å². The maximum Gasteiger partial charge on any atom is 0.216 e. The maximum absolute atomic E-state index is 13.2. The van der Waals surface area contributed by atoms with Crippen molar-refractivity contribution in [1.29, 1.82) is 0 Å². The number of carbonyl (C=O) groups excluding carboxylic acids is 2. The molecule has 3 aromatic carbocycles. The Kier molecular flexibility index (Phi) is 6.61. The molecular formula is C24H21FN4O2S. The second-order valence-corrected chi connectivity index (χ2v) is 8.13. The lowest BCUT2D eigenvalue weighted by molar-refractivity contribution is -0.118. The molecule has 0 atom stereocenters. The minimum absolute atomic E-state index is 0.110. The van der Waals surface area contributed by atoms with Gasteiger partial charge in [-0.25, -0.2) is 4.39 Å². The lowest BCUT2D eigenvalue weighted by Gasteiger charge is -2.13. The molecule has 4 aromatic rings. The van der Waals surface area contributed by atoms with Gasteiger partial charge in [0.1, 0.15) is 11.6 Å². The number of fused-ring (bicyclic) bond motifs is 1. The molecule has 0 unspecified atom stereocenters. The number of benzene rings is 3. The number of ketones is 1. The van der Waals surface area contributed by atoms with Gasteiger partial charge in [-0.2, -0.15) is 0 Å². The van der Waals surface area contributed by atoms with E-state index in [2.05, 4.69) is 15.5 Å². The van der Waals surface area contributed by atoms with E-state index in [1.54, 1.807) is 0 Å². The molecule has 32 heavy (non-hydrogen) atoms. The molecule has 1 amide bonds. The van der Waals surface area contributed by atoms with E-state index in [0.717, 1.165) is 16.5 Å². The van der Waals surface area contributed by atoms with Crippen LogP contribution in [-0.4, -0.2) is 38.8 Å². The van der Waals surface area contributed by atoms with Crippen LogP contribution in [0.25, 0.3) is 16.5 Å². The number of hydrogen-bond donors (Lipinski definition) is 1. The van der Waals surface area contributed by atoms with Crippen molar-refractivity contribution >= 4 is 34.2 Å². The highest BCUT2D eigenvalue weighted by molar-refractivity contribution is 7.99. The summed E-state index contributed by atoms with van der Waals surface area (Å²) in [6.07, 6.45) is 0.488. The molecule has 0 aliphatic heterocycles. The Morgan fingerprint density at radius 2 is 1.75 bits per heavy atom. The average molecular weight is 449 g/mol. The number of carbonyl (C=O) groups is 2. The molecule has 0 aliphatic rings. The molecule has 1 heterocycles. The molecule has 6 nitrogen and oxygen atoms in total. The average Bonchev–Trinajstić information content (AvgIpc) is 3.19. The molecule has 0 spiro atoms. The van der Waals surface area contributed by atoms with Gasteiger partial charge in [-0.15, -0.1) is 10.2 Å². The van der Waals surface area contributed by atoms with Gasteiger partial charge in [0.15, 0.2) is 10.9 Å². The third-order valence-corrected chi connectivity index (χ3v) is 5.86. The summed E-state index contributed by atoms with van der Waals surface area (Å²) < 4.78 is 15.1. The molecule has 162 valence electrons. The monoisotopic (exact) mass is 448 g/mol. The van der Waals surface area contributed by atoms with Crippen LogP contribution in [0.1, 0.15) is 23.1 Å². The fourth-order valence-electron chi connectivity index (χ4n) is 3.40. The topological polar surface area (TPSA) is 76.9 Å². The van der Waals surface area contributed by atoms with Crippen LogP contribution in [0.4, 0.5) is 4.39 Å². The van der Waals surface area contributed by atoms with E-state index >= 15 is 0 Å². The summed E-state index contributed by atoms with van der Waals surface area (Å²) >= 11 is 1.28. The Morgan fingerprint density at radius 3 is 2.53 bits per heavy atom. The second-order valence-electron chi connectivity index (χ2n) is 7.18. The number of amides is 1. The number of Topliss-reactive ketones (excluding diaryl/α,β-unsaturated/α-hetero) is 1. The van der Waals surface area contributed by atoms with Gasteiger partial charge in [-0.3, -0.25) is 14.2 Å². The van der Waals surface area contributed by atoms with Crippen molar-refractivity contribution in [3.05, 3.63) is 83.9 Å². The van der Waals surface area contributed by atoms with E-state index in [1.165, 1.54) is 43.0 Å². The summed E-state index contributed by atoms with van der Waals surface area (Å²) in [4.78, 5) is 23.9. The van der Waals surface area contributed by atoms with Crippen LogP contribution in [0.15, 0.2) is 71.9 Å². The molecule has 1 aromatic heterocycles. The second kappa shape index (κ2) is 9.74. The molecule has 0 aliphatic carbocycles. The van der Waals surface area contributed by atoms with Crippen LogP contribution in [0, 0.1) is 5.82 Å². The third-order valence-electron chi connectivity index (χ3n) is 4.93. The first-order valence-electron chi connectivity index (χ1n) is 10.1. The first-order valence-corrected chi connectivity index (χ1v) is 11.1. The highest BCUT2D eigenvalue weighted by atomic mass is 32.2. The van der Waals surface area contributed by atoms with Gasteiger partial charge in [-0.1, -0.05) is 48.2 Å². The standard InChI is InChI=1S/C24H21FN4O2S/c1-16(30)26-14-13-23-27-28-24(32-15-22(31)18-9-11-19(25)12-10-18)29(23)21-8-4-6-17-5-2-3-7-20(17)21/h2-12H,13-15H2,1H3,(H,26,30). The van der Waals surface area contributed by atoms with Crippen molar-refractivity contribution in [2.45, 2.75) is 18.5 Å². The number of hydrogen-bond acceptors (Lipinski definition) is 5. The van der Waals surface area contributed by atoms with Crippen molar-refractivity contribution in [2.75, 3.05) is 12.3 Å². The summed E-state index contributed by atoms with van der Waals surface area (Å²) in [5, 5.41) is 14.1. The normalized spacial score (nSPS) is 10.9. The van der Waals surface area contributed by atoms with Crippen molar-refractivity contribution in [3.63, 3.8) is 0 Å². The fraction of sp³-hybridized carbons (Fsp3) is 0.167. The predicted molar refractivity (Wildman–Crippen MR) is 123 cm³/mol. The highest BCUT2D eigenvalue weighted by Gasteiger charge is 2.18. The van der Waals surface area contributed by atoms with Gasteiger partial charge in [0, 0.05) is 30.8 Å². The smallest absolute Gasteiger partial charge is 0.216 e. The van der Waals surface area contributed by atoms with Gasteiger partial charge in [0.05, 0.1) is 11.4 Å². The quantitative estimate of drug-likeness (QED) is 0.323. The van der Waals surface area contributed by atoms with E-state index in [1.807, 2.05) is 47.0 Å². The molecule has 0 bridgehead atoms. The first-order chi connectivity index (χ1) is 15.5. The van der Waals surface area contributed by atoms with E-state index in [-0.39, 0.29) is 23.3 Å². The Labute approximate surface area is 188 Å². The van der Waals surface area contributed by atoms with E-state index in [4.69, 9.17) is 0 Å². The number of halogens is 1. The minimum atomic E-state index is -0.381. The molecule has 1 N–H and O–H groups in total. The summed E-state index contributed by atoms with van der Waals surface area (Å²) in [5.74, 6) is 0.212. The first kappa shape index (κ1) is 21.7. The van der Waals surface area contributed by atoms with Crippen LogP contribution in [0.5, 0.6) is 0 Å². The lowest BCUT2D eigenvalue weighted by atomic mass is 10.1. The number of aromatic nitrogens is 3. The van der Waals surface area contributed by atoms with Gasteiger partial charge in [-0.05, 0) is 35.7 Å². The number of thioether (sulfide) groups is 1. The molecular weight excluding hydrogens is 427 g/mol. The maximum atomic E-state index is 13.2. The van der Waals surface area contributed by atoms with E-state index < -0.39 is 0 Å². The zero-order valence-electron chi connectivity index (χ0n) is 17.4. The summed E-state index contributed by atoms with van der Waals surface area (Å²) in [6.45, 7) is 1.90. The lowest BCUT2D eigenvalue weighted by Crippen LogP contribution is -2.23. The Morgan fingerprint density at radius 1 is 1.00 bits per heavy atom. The van der Waals surface area contributed by atoms with Crippen LogP contribution < -0.4 is 5.32 Å². The van der Waals surface area contributed by atoms with Gasteiger partial charge in [0.25, 0.3) is 0 Å². The van der Waals surface area contributed by atoms with Crippen molar-refractivity contribution in [2.24, 2.45) is 0 Å². The number of nitrogens with zero attached hydrogens (tertiary/aromatic N) is 3. The predicted octanol–water partition coefficient (Wildman–Crippen LogP) is 4.21. The Hall–Kier alpha value is -3.52. The van der Waals surface area contributed by atoms with Crippen LogP contribution in [0.2, 0.25) is 0 Å². The van der Waals surface area contributed by atoms with Crippen molar-refractivity contribution in [3.8, 4) is 5.69 Å². The third kappa shape index (κ3) is 4.86. The van der Waals surface area contributed by atoms with Gasteiger partial charge < -0.3 is 5.32 Å². The largest absolute Gasteiger partial charge is 0.356 e. The molecule has 0 fully saturated rings. The highest BCUT2D eigenvalue weighted by Crippen LogP contribution is 2.28. The van der Waals surface area contributed by atoms with Gasteiger partial charge in [0.2, 0.25) is 5.91 Å². The molecule has 0 saturated carbocycles. The fourth-order valence-corrected chi connectivity index (χ4v) is 4.26. The van der Waals surface area contributed by atoms with Crippen LogP contribution in [-0.2, 0) is 11.2 Å².